The van der Waals surface area contributed by atoms with Gasteiger partial charge in [0.15, 0.2) is 5.82 Å². The van der Waals surface area contributed by atoms with E-state index in [1.807, 2.05) is 11.4 Å². The monoisotopic (exact) mass is 248 g/mol. The summed E-state index contributed by atoms with van der Waals surface area (Å²) in [6.07, 6.45) is 1.98. The Bertz CT molecular complexity index is 467. The van der Waals surface area contributed by atoms with Crippen molar-refractivity contribution >= 4 is 17.2 Å². The second kappa shape index (κ2) is 5.72. The van der Waals surface area contributed by atoms with Crippen molar-refractivity contribution < 1.29 is 0 Å². The van der Waals surface area contributed by atoms with Crippen LogP contribution in [0.1, 0.15) is 26.0 Å². The molecule has 5 heteroatoms. The Morgan fingerprint density at radius 2 is 2.18 bits per heavy atom. The smallest absolute Gasteiger partial charge is 0.181 e. The molecular formula is C12H16N4S. The number of thiazole rings is 1. The normalized spacial score (nSPS) is 10.5. The molecule has 0 aliphatic rings. The summed E-state index contributed by atoms with van der Waals surface area (Å²) in [6.45, 7) is 5.16. The first-order valence-electron chi connectivity index (χ1n) is 5.83. The van der Waals surface area contributed by atoms with Crippen molar-refractivity contribution in [2.75, 3.05) is 11.9 Å². The molecule has 2 heterocycles. The predicted octanol–water partition coefficient (Wildman–Crippen LogP) is 2.98. The topological polar surface area (TPSA) is 50.7 Å². The third-order valence-corrected chi connectivity index (χ3v) is 2.95. The van der Waals surface area contributed by atoms with Gasteiger partial charge in [-0.3, -0.25) is 0 Å². The molecule has 0 amide bonds. The lowest BCUT2D eigenvalue weighted by Gasteiger charge is -2.07. The van der Waals surface area contributed by atoms with Gasteiger partial charge in [-0.05, 0) is 12.8 Å². The summed E-state index contributed by atoms with van der Waals surface area (Å²) in [5.74, 6) is 1.60. The lowest BCUT2D eigenvalue weighted by atomic mass is 10.3. The Hall–Kier alpha value is -1.49. The Morgan fingerprint density at radius 1 is 1.29 bits per heavy atom. The van der Waals surface area contributed by atoms with Crippen LogP contribution in [0.5, 0.6) is 0 Å². The van der Waals surface area contributed by atoms with E-state index in [4.69, 9.17) is 0 Å². The molecule has 17 heavy (non-hydrogen) atoms. The molecule has 0 spiro atoms. The van der Waals surface area contributed by atoms with Crippen LogP contribution in [0.4, 0.5) is 5.82 Å². The number of aromatic nitrogens is 3. The second-order valence-corrected chi connectivity index (χ2v) is 4.44. The van der Waals surface area contributed by atoms with Gasteiger partial charge in [0, 0.05) is 23.7 Å². The van der Waals surface area contributed by atoms with E-state index in [2.05, 4.69) is 34.1 Å². The highest BCUT2D eigenvalue weighted by Gasteiger charge is 2.07. The van der Waals surface area contributed by atoms with Gasteiger partial charge in [0.2, 0.25) is 0 Å². The van der Waals surface area contributed by atoms with Gasteiger partial charge in [0.05, 0.1) is 5.51 Å². The van der Waals surface area contributed by atoms with Gasteiger partial charge in [-0.15, -0.1) is 11.3 Å². The molecule has 0 atom stereocenters. The van der Waals surface area contributed by atoms with Gasteiger partial charge in [-0.25, -0.2) is 15.0 Å². The maximum absolute atomic E-state index is 4.50. The lowest BCUT2D eigenvalue weighted by Crippen LogP contribution is -2.05. The maximum Gasteiger partial charge on any atom is 0.181 e. The lowest BCUT2D eigenvalue weighted by molar-refractivity contribution is 0.949. The van der Waals surface area contributed by atoms with Crippen molar-refractivity contribution in [1.82, 2.24) is 15.0 Å². The standard InChI is InChI=1S/C12H16N4S/c1-3-5-13-11-6-9(4-2)15-12(16-11)10-7-17-8-14-10/h6-8H,3-5H2,1-2H3,(H,13,15,16). The fraction of sp³-hybridized carbons (Fsp3) is 0.417. The Morgan fingerprint density at radius 3 is 2.82 bits per heavy atom. The third-order valence-electron chi connectivity index (χ3n) is 2.36. The Balaban J connectivity index is 2.32. The van der Waals surface area contributed by atoms with Crippen LogP contribution < -0.4 is 5.32 Å². The summed E-state index contributed by atoms with van der Waals surface area (Å²) in [5, 5.41) is 5.27. The fourth-order valence-corrected chi connectivity index (χ4v) is 1.99. The molecule has 0 bridgehead atoms. The fourth-order valence-electron chi connectivity index (χ4n) is 1.46. The largest absolute Gasteiger partial charge is 0.370 e. The molecule has 0 radical (unpaired) electrons. The van der Waals surface area contributed by atoms with Crippen LogP contribution in [0, 0.1) is 0 Å². The van der Waals surface area contributed by atoms with Crippen LogP contribution in [0.25, 0.3) is 11.5 Å². The minimum Gasteiger partial charge on any atom is -0.370 e. The number of nitrogens with zero attached hydrogens (tertiary/aromatic N) is 3. The van der Waals surface area contributed by atoms with Crippen LogP contribution in [-0.4, -0.2) is 21.5 Å². The average Bonchev–Trinajstić information content (AvgIpc) is 2.89. The highest BCUT2D eigenvalue weighted by atomic mass is 32.1. The van der Waals surface area contributed by atoms with Crippen LogP contribution >= 0.6 is 11.3 Å². The minimum absolute atomic E-state index is 0.712. The number of anilines is 1. The van der Waals surface area contributed by atoms with Gasteiger partial charge in [0.25, 0.3) is 0 Å². The molecule has 0 aromatic carbocycles. The van der Waals surface area contributed by atoms with Gasteiger partial charge in [0.1, 0.15) is 11.5 Å². The van der Waals surface area contributed by atoms with E-state index >= 15 is 0 Å². The van der Waals surface area contributed by atoms with Gasteiger partial charge in [-0.1, -0.05) is 13.8 Å². The van der Waals surface area contributed by atoms with Crippen LogP contribution in [0.15, 0.2) is 17.0 Å². The molecule has 0 saturated carbocycles. The molecule has 0 aliphatic carbocycles. The average molecular weight is 248 g/mol. The molecule has 0 saturated heterocycles. The first-order valence-corrected chi connectivity index (χ1v) is 6.78. The number of rotatable bonds is 5. The minimum atomic E-state index is 0.712. The summed E-state index contributed by atoms with van der Waals surface area (Å²) < 4.78 is 0. The zero-order chi connectivity index (χ0) is 12.1. The van der Waals surface area contributed by atoms with Crippen molar-refractivity contribution in [3.63, 3.8) is 0 Å². The second-order valence-electron chi connectivity index (χ2n) is 3.72. The Kier molecular flexibility index (Phi) is 4.03. The van der Waals surface area contributed by atoms with E-state index in [-0.39, 0.29) is 0 Å². The van der Waals surface area contributed by atoms with Crippen LogP contribution in [0.2, 0.25) is 0 Å². The quantitative estimate of drug-likeness (QED) is 0.883. The molecule has 2 aromatic rings. The molecule has 2 aromatic heterocycles. The third kappa shape index (κ3) is 3.00. The number of nitrogens with one attached hydrogen (secondary N) is 1. The molecule has 0 unspecified atom stereocenters. The molecule has 0 fully saturated rings. The first-order chi connectivity index (χ1) is 8.33. The molecule has 2 rings (SSSR count). The van der Waals surface area contributed by atoms with Gasteiger partial charge in [-0.2, -0.15) is 0 Å². The van der Waals surface area contributed by atoms with Crippen molar-refractivity contribution in [2.24, 2.45) is 0 Å². The van der Waals surface area contributed by atoms with E-state index in [1.54, 1.807) is 16.8 Å². The predicted molar refractivity (Wildman–Crippen MR) is 71.3 cm³/mol. The van der Waals surface area contributed by atoms with Crippen molar-refractivity contribution in [3.8, 4) is 11.5 Å². The Labute approximate surface area is 105 Å². The number of hydrogen-bond donors (Lipinski definition) is 1. The summed E-state index contributed by atoms with van der Waals surface area (Å²) in [4.78, 5) is 13.2. The van der Waals surface area contributed by atoms with E-state index < -0.39 is 0 Å². The summed E-state index contributed by atoms with van der Waals surface area (Å²) in [6, 6.07) is 2.01. The summed E-state index contributed by atoms with van der Waals surface area (Å²) >= 11 is 1.56. The zero-order valence-corrected chi connectivity index (χ0v) is 10.9. The van der Waals surface area contributed by atoms with Gasteiger partial charge < -0.3 is 5.32 Å². The summed E-state index contributed by atoms with van der Waals surface area (Å²) in [7, 11) is 0. The molecule has 90 valence electrons. The molecule has 1 N–H and O–H groups in total. The van der Waals surface area contributed by atoms with Crippen molar-refractivity contribution in [3.05, 3.63) is 22.7 Å². The zero-order valence-electron chi connectivity index (χ0n) is 10.1. The maximum atomic E-state index is 4.50. The van der Waals surface area contributed by atoms with E-state index in [1.165, 1.54) is 0 Å². The SMILES string of the molecule is CCCNc1cc(CC)nc(-c2cscn2)n1. The number of hydrogen-bond acceptors (Lipinski definition) is 5. The van der Waals surface area contributed by atoms with Crippen LogP contribution in [-0.2, 0) is 6.42 Å². The van der Waals surface area contributed by atoms with E-state index in [0.717, 1.165) is 36.6 Å². The van der Waals surface area contributed by atoms with Gasteiger partial charge >= 0.3 is 0 Å². The van der Waals surface area contributed by atoms with Crippen molar-refractivity contribution in [1.29, 1.82) is 0 Å². The van der Waals surface area contributed by atoms with E-state index in [0.29, 0.717) is 5.82 Å². The highest BCUT2D eigenvalue weighted by Crippen LogP contribution is 2.18. The molecular weight excluding hydrogens is 232 g/mol. The van der Waals surface area contributed by atoms with E-state index in [9.17, 15) is 0 Å². The first kappa shape index (κ1) is 12.0. The highest BCUT2D eigenvalue weighted by molar-refractivity contribution is 7.07. The van der Waals surface area contributed by atoms with Crippen molar-refractivity contribution in [2.45, 2.75) is 26.7 Å². The van der Waals surface area contributed by atoms with Crippen LogP contribution in [0.3, 0.4) is 0 Å². The molecule has 4 nitrogen and oxygen atoms in total. The molecule has 0 aliphatic heterocycles. The number of aryl methyl sites for hydroxylation is 1. The summed E-state index contributed by atoms with van der Waals surface area (Å²) in [5.41, 5.74) is 3.70.